The minimum atomic E-state index is -0.329. The highest BCUT2D eigenvalue weighted by Crippen LogP contribution is 2.41. The molecule has 3 rings (SSSR count). The summed E-state index contributed by atoms with van der Waals surface area (Å²) in [4.78, 5) is 18.2. The van der Waals surface area contributed by atoms with Gasteiger partial charge in [0.15, 0.2) is 0 Å². The van der Waals surface area contributed by atoms with Crippen molar-refractivity contribution in [2.24, 2.45) is 0 Å². The number of methoxy groups -OCH3 is 1. The van der Waals surface area contributed by atoms with Crippen molar-refractivity contribution in [3.05, 3.63) is 29.8 Å². The zero-order valence-electron chi connectivity index (χ0n) is 16.0. The van der Waals surface area contributed by atoms with Gasteiger partial charge in [0.25, 0.3) is 0 Å². The third-order valence-electron chi connectivity index (χ3n) is 6.09. The molecule has 0 aromatic heterocycles. The number of piperazine rings is 1. The standard InChI is InChI=1S/C21H32N2O2/c1-17(2)22-13-15-23(16-14-22)20(24)21(11-5-4-6-12-21)18-7-9-19(25-3)10-8-18/h7-10,17H,4-6,11-16H2,1-3H3. The second-order valence-corrected chi connectivity index (χ2v) is 7.79. The fraction of sp³-hybridized carbons (Fsp3) is 0.667. The minimum Gasteiger partial charge on any atom is -0.497 e. The van der Waals surface area contributed by atoms with Crippen molar-refractivity contribution in [2.75, 3.05) is 33.3 Å². The molecular weight excluding hydrogens is 312 g/mol. The average molecular weight is 344 g/mol. The molecule has 1 aromatic rings. The first-order valence-corrected chi connectivity index (χ1v) is 9.75. The monoisotopic (exact) mass is 344 g/mol. The number of amides is 1. The molecule has 0 spiro atoms. The van der Waals surface area contributed by atoms with E-state index in [2.05, 4.69) is 35.8 Å². The lowest BCUT2D eigenvalue weighted by molar-refractivity contribution is -0.141. The van der Waals surface area contributed by atoms with Crippen LogP contribution in [0.5, 0.6) is 5.75 Å². The summed E-state index contributed by atoms with van der Waals surface area (Å²) in [6.45, 7) is 8.16. The molecule has 4 nitrogen and oxygen atoms in total. The van der Waals surface area contributed by atoms with Crippen LogP contribution in [0.1, 0.15) is 51.5 Å². The molecule has 25 heavy (non-hydrogen) atoms. The van der Waals surface area contributed by atoms with E-state index in [1.165, 1.54) is 12.0 Å². The summed E-state index contributed by atoms with van der Waals surface area (Å²) in [5.74, 6) is 1.20. The summed E-state index contributed by atoms with van der Waals surface area (Å²) in [6.07, 6.45) is 5.48. The second-order valence-electron chi connectivity index (χ2n) is 7.79. The molecule has 1 amide bonds. The van der Waals surface area contributed by atoms with Gasteiger partial charge in [0.2, 0.25) is 5.91 Å². The number of hydrogen-bond donors (Lipinski definition) is 0. The van der Waals surface area contributed by atoms with E-state index in [1.54, 1.807) is 7.11 Å². The van der Waals surface area contributed by atoms with Crippen LogP contribution in [0.3, 0.4) is 0 Å². The van der Waals surface area contributed by atoms with Gasteiger partial charge in [-0.15, -0.1) is 0 Å². The molecule has 1 aliphatic heterocycles. The molecule has 2 aliphatic rings. The molecule has 138 valence electrons. The number of ether oxygens (including phenoxy) is 1. The van der Waals surface area contributed by atoms with E-state index in [1.807, 2.05) is 12.1 Å². The lowest BCUT2D eigenvalue weighted by Crippen LogP contribution is -2.56. The number of carbonyl (C=O) groups is 1. The first-order chi connectivity index (χ1) is 12.1. The molecule has 1 aromatic carbocycles. The molecule has 0 N–H and O–H groups in total. The maximum absolute atomic E-state index is 13.6. The fourth-order valence-corrected chi connectivity index (χ4v) is 4.44. The van der Waals surface area contributed by atoms with Crippen LogP contribution < -0.4 is 4.74 Å². The zero-order valence-corrected chi connectivity index (χ0v) is 16.0. The Labute approximate surface area is 152 Å². The minimum absolute atomic E-state index is 0.329. The topological polar surface area (TPSA) is 32.8 Å². The van der Waals surface area contributed by atoms with Crippen LogP contribution in [0.2, 0.25) is 0 Å². The van der Waals surface area contributed by atoms with E-state index in [4.69, 9.17) is 4.74 Å². The van der Waals surface area contributed by atoms with Gasteiger partial charge in [-0.05, 0) is 44.4 Å². The van der Waals surface area contributed by atoms with Crippen LogP contribution in [-0.4, -0.2) is 55.0 Å². The van der Waals surface area contributed by atoms with Crippen molar-refractivity contribution in [3.63, 3.8) is 0 Å². The molecule has 1 saturated heterocycles. The number of nitrogens with zero attached hydrogens (tertiary/aromatic N) is 2. The summed E-state index contributed by atoms with van der Waals surface area (Å²) < 4.78 is 5.30. The average Bonchev–Trinajstić information content (AvgIpc) is 2.68. The number of carbonyl (C=O) groups excluding carboxylic acids is 1. The Hall–Kier alpha value is -1.55. The third kappa shape index (κ3) is 3.69. The number of hydrogen-bond acceptors (Lipinski definition) is 3. The Morgan fingerprint density at radius 3 is 2.12 bits per heavy atom. The van der Waals surface area contributed by atoms with Crippen LogP contribution in [0, 0.1) is 0 Å². The maximum atomic E-state index is 13.6. The Kier molecular flexibility index (Phi) is 5.67. The van der Waals surface area contributed by atoms with E-state index in [0.717, 1.165) is 57.6 Å². The van der Waals surface area contributed by atoms with Gasteiger partial charge in [-0.1, -0.05) is 31.4 Å². The molecule has 2 fully saturated rings. The van der Waals surface area contributed by atoms with E-state index < -0.39 is 0 Å². The SMILES string of the molecule is COc1ccc(C2(C(=O)N3CCN(C(C)C)CC3)CCCCC2)cc1. The van der Waals surface area contributed by atoms with Gasteiger partial charge in [0.05, 0.1) is 12.5 Å². The van der Waals surface area contributed by atoms with Crippen molar-refractivity contribution >= 4 is 5.91 Å². The molecule has 1 aliphatic carbocycles. The summed E-state index contributed by atoms with van der Waals surface area (Å²) >= 11 is 0. The smallest absolute Gasteiger partial charge is 0.233 e. The van der Waals surface area contributed by atoms with Gasteiger partial charge in [-0.25, -0.2) is 0 Å². The molecule has 0 unspecified atom stereocenters. The van der Waals surface area contributed by atoms with Gasteiger partial charge in [0, 0.05) is 32.2 Å². The van der Waals surface area contributed by atoms with Crippen molar-refractivity contribution in [1.29, 1.82) is 0 Å². The highest BCUT2D eigenvalue weighted by atomic mass is 16.5. The first-order valence-electron chi connectivity index (χ1n) is 9.75. The van der Waals surface area contributed by atoms with Gasteiger partial charge in [-0.2, -0.15) is 0 Å². The molecular formula is C21H32N2O2. The summed E-state index contributed by atoms with van der Waals surface area (Å²) in [5.41, 5.74) is 0.842. The summed E-state index contributed by atoms with van der Waals surface area (Å²) in [5, 5.41) is 0. The Bertz CT molecular complexity index is 568. The Morgan fingerprint density at radius 2 is 1.60 bits per heavy atom. The predicted octanol–water partition coefficient (Wildman–Crippen LogP) is 3.45. The zero-order chi connectivity index (χ0) is 17.9. The van der Waals surface area contributed by atoms with Crippen LogP contribution >= 0.6 is 0 Å². The highest BCUT2D eigenvalue weighted by molar-refractivity contribution is 5.88. The lowest BCUT2D eigenvalue weighted by atomic mass is 9.68. The van der Waals surface area contributed by atoms with Crippen LogP contribution in [-0.2, 0) is 10.2 Å². The van der Waals surface area contributed by atoms with Gasteiger partial charge < -0.3 is 9.64 Å². The van der Waals surface area contributed by atoms with Gasteiger partial charge in [-0.3, -0.25) is 9.69 Å². The Balaban J connectivity index is 1.81. The van der Waals surface area contributed by atoms with Gasteiger partial charge >= 0.3 is 0 Å². The molecule has 4 heteroatoms. The molecule has 0 radical (unpaired) electrons. The summed E-state index contributed by atoms with van der Waals surface area (Å²) in [7, 11) is 1.69. The summed E-state index contributed by atoms with van der Waals surface area (Å²) in [6, 6.07) is 8.76. The van der Waals surface area contributed by atoms with Crippen molar-refractivity contribution < 1.29 is 9.53 Å². The van der Waals surface area contributed by atoms with Crippen molar-refractivity contribution in [1.82, 2.24) is 9.80 Å². The number of rotatable bonds is 4. The maximum Gasteiger partial charge on any atom is 0.233 e. The molecule has 0 bridgehead atoms. The van der Waals surface area contributed by atoms with Crippen LogP contribution in [0.15, 0.2) is 24.3 Å². The van der Waals surface area contributed by atoms with Crippen molar-refractivity contribution in [3.8, 4) is 5.75 Å². The quantitative estimate of drug-likeness (QED) is 0.839. The van der Waals surface area contributed by atoms with Gasteiger partial charge in [0.1, 0.15) is 5.75 Å². The van der Waals surface area contributed by atoms with Crippen LogP contribution in [0.4, 0.5) is 0 Å². The highest BCUT2D eigenvalue weighted by Gasteiger charge is 2.44. The molecule has 1 saturated carbocycles. The predicted molar refractivity (Wildman–Crippen MR) is 101 cm³/mol. The number of benzene rings is 1. The lowest BCUT2D eigenvalue weighted by Gasteiger charge is -2.44. The normalized spacial score (nSPS) is 21.4. The third-order valence-corrected chi connectivity index (χ3v) is 6.09. The van der Waals surface area contributed by atoms with E-state index in [0.29, 0.717) is 11.9 Å². The van der Waals surface area contributed by atoms with E-state index >= 15 is 0 Å². The largest absolute Gasteiger partial charge is 0.497 e. The molecule has 0 atom stereocenters. The fourth-order valence-electron chi connectivity index (χ4n) is 4.44. The second kappa shape index (κ2) is 7.77. The van der Waals surface area contributed by atoms with E-state index in [-0.39, 0.29) is 5.41 Å². The Morgan fingerprint density at radius 1 is 1.00 bits per heavy atom. The van der Waals surface area contributed by atoms with E-state index in [9.17, 15) is 4.79 Å². The van der Waals surface area contributed by atoms with Crippen molar-refractivity contribution in [2.45, 2.75) is 57.4 Å². The van der Waals surface area contributed by atoms with Crippen LogP contribution in [0.25, 0.3) is 0 Å². The first kappa shape index (κ1) is 18.2. The molecule has 1 heterocycles.